The second-order valence-corrected chi connectivity index (χ2v) is 7.87. The Morgan fingerprint density at radius 1 is 1.04 bits per heavy atom. The van der Waals surface area contributed by atoms with Crippen LogP contribution in [0.5, 0.6) is 0 Å². The van der Waals surface area contributed by atoms with Crippen LogP contribution < -0.4 is 0 Å². The Morgan fingerprint density at radius 2 is 1.75 bits per heavy atom. The van der Waals surface area contributed by atoms with Crippen molar-refractivity contribution in [3.8, 4) is 0 Å². The van der Waals surface area contributed by atoms with Crippen LogP contribution in [0, 0.1) is 5.82 Å². The maximum atomic E-state index is 14.0. The lowest BCUT2D eigenvalue weighted by Crippen LogP contribution is -2.50. The molecule has 2 aromatic carbocycles. The molecule has 28 heavy (non-hydrogen) atoms. The van der Waals surface area contributed by atoms with Crippen LogP contribution in [0.2, 0.25) is 5.02 Å². The van der Waals surface area contributed by atoms with Crippen LogP contribution >= 0.6 is 11.6 Å². The Hall–Kier alpha value is -2.40. The zero-order chi connectivity index (χ0) is 19.7. The molecule has 1 aliphatic heterocycles. The number of halogens is 2. The first kappa shape index (κ1) is 18.9. The van der Waals surface area contributed by atoms with Gasteiger partial charge in [-0.2, -0.15) is 0 Å². The molecule has 1 fully saturated rings. The van der Waals surface area contributed by atoms with Gasteiger partial charge in [-0.3, -0.25) is 9.59 Å². The number of benzene rings is 2. The van der Waals surface area contributed by atoms with Gasteiger partial charge in [-0.1, -0.05) is 35.9 Å². The molecular formula is C22H22ClFN2O2. The Bertz CT molecular complexity index is 909. The van der Waals surface area contributed by atoms with Gasteiger partial charge in [0.1, 0.15) is 5.82 Å². The summed E-state index contributed by atoms with van der Waals surface area (Å²) in [5, 5.41) is 0.262. The van der Waals surface area contributed by atoms with Crippen LogP contribution in [0.15, 0.2) is 42.5 Å². The Morgan fingerprint density at radius 3 is 2.50 bits per heavy atom. The third-order valence-electron chi connectivity index (χ3n) is 5.76. The highest BCUT2D eigenvalue weighted by atomic mass is 35.5. The summed E-state index contributed by atoms with van der Waals surface area (Å²) in [4.78, 5) is 28.7. The number of hydrogen-bond acceptors (Lipinski definition) is 2. The molecule has 2 aromatic rings. The molecule has 1 heterocycles. The van der Waals surface area contributed by atoms with Crippen LogP contribution in [-0.4, -0.2) is 47.8 Å². The first-order valence-corrected chi connectivity index (χ1v) is 10.0. The molecule has 1 aliphatic carbocycles. The van der Waals surface area contributed by atoms with E-state index < -0.39 is 5.82 Å². The van der Waals surface area contributed by atoms with Crippen LogP contribution in [0.1, 0.15) is 40.2 Å². The number of nitrogens with zero attached hydrogens (tertiary/aromatic N) is 2. The lowest BCUT2D eigenvalue weighted by Gasteiger charge is -2.35. The predicted octanol–water partition coefficient (Wildman–Crippen LogP) is 3.88. The number of fused-ring (bicyclic) bond motifs is 1. The van der Waals surface area contributed by atoms with Crippen molar-refractivity contribution in [1.82, 2.24) is 9.80 Å². The second-order valence-electron chi connectivity index (χ2n) is 7.44. The average Bonchev–Trinajstić information content (AvgIpc) is 3.10. The lowest BCUT2D eigenvalue weighted by molar-refractivity contribution is -0.133. The van der Waals surface area contributed by atoms with Crippen molar-refractivity contribution in [1.29, 1.82) is 0 Å². The summed E-state index contributed by atoms with van der Waals surface area (Å²) in [5.74, 6) is -0.556. The largest absolute Gasteiger partial charge is 0.339 e. The minimum absolute atomic E-state index is 0.0201. The molecule has 6 heteroatoms. The van der Waals surface area contributed by atoms with Gasteiger partial charge >= 0.3 is 0 Å². The summed E-state index contributed by atoms with van der Waals surface area (Å²) in [7, 11) is 0. The van der Waals surface area contributed by atoms with Crippen molar-refractivity contribution in [3.05, 3.63) is 70.0 Å². The topological polar surface area (TPSA) is 40.6 Å². The van der Waals surface area contributed by atoms with Crippen molar-refractivity contribution >= 4 is 23.4 Å². The number of carbonyl (C=O) groups is 2. The molecule has 1 atom stereocenters. The SMILES string of the molecule is O=C(CC1CCc2ccccc21)N1CCN(C(=O)c2ccc(Cl)cc2F)CC1. The molecule has 146 valence electrons. The summed E-state index contributed by atoms with van der Waals surface area (Å²) in [6.07, 6.45) is 2.55. The normalized spacial score (nSPS) is 18.9. The van der Waals surface area contributed by atoms with Crippen molar-refractivity contribution in [3.63, 3.8) is 0 Å². The fourth-order valence-corrected chi connectivity index (χ4v) is 4.35. The molecular weight excluding hydrogens is 379 g/mol. The van der Waals surface area contributed by atoms with Crippen LogP contribution in [-0.2, 0) is 11.2 Å². The number of rotatable bonds is 3. The van der Waals surface area contributed by atoms with E-state index in [9.17, 15) is 14.0 Å². The minimum Gasteiger partial charge on any atom is -0.339 e. The highest BCUT2D eigenvalue weighted by molar-refractivity contribution is 6.30. The average molecular weight is 401 g/mol. The van der Waals surface area contributed by atoms with Crippen molar-refractivity contribution in [2.75, 3.05) is 26.2 Å². The molecule has 0 N–H and O–H groups in total. The Labute approximate surface area is 168 Å². The van der Waals surface area contributed by atoms with E-state index in [2.05, 4.69) is 12.1 Å². The molecule has 2 aliphatic rings. The predicted molar refractivity (Wildman–Crippen MR) is 106 cm³/mol. The fourth-order valence-electron chi connectivity index (χ4n) is 4.19. The van der Waals surface area contributed by atoms with Crippen molar-refractivity contribution in [2.24, 2.45) is 0 Å². The third kappa shape index (κ3) is 3.76. The van der Waals surface area contributed by atoms with Crippen LogP contribution in [0.25, 0.3) is 0 Å². The van der Waals surface area contributed by atoms with Crippen molar-refractivity contribution in [2.45, 2.75) is 25.2 Å². The lowest BCUT2D eigenvalue weighted by atomic mass is 9.97. The monoisotopic (exact) mass is 400 g/mol. The van der Waals surface area contributed by atoms with E-state index in [1.165, 1.54) is 23.3 Å². The molecule has 0 saturated carbocycles. The van der Waals surface area contributed by atoms with E-state index in [-0.39, 0.29) is 28.3 Å². The van der Waals surface area contributed by atoms with Gasteiger partial charge in [0.15, 0.2) is 0 Å². The molecule has 0 aromatic heterocycles. The molecule has 2 amide bonds. The quantitative estimate of drug-likeness (QED) is 0.784. The van der Waals surface area contributed by atoms with Gasteiger partial charge in [0.25, 0.3) is 5.91 Å². The zero-order valence-corrected chi connectivity index (χ0v) is 16.3. The number of aryl methyl sites for hydroxylation is 1. The van der Waals surface area contributed by atoms with E-state index >= 15 is 0 Å². The third-order valence-corrected chi connectivity index (χ3v) is 5.99. The molecule has 0 bridgehead atoms. The minimum atomic E-state index is -0.615. The van der Waals surface area contributed by atoms with E-state index in [1.54, 1.807) is 4.90 Å². The summed E-state index contributed by atoms with van der Waals surface area (Å²) >= 11 is 5.75. The van der Waals surface area contributed by atoms with Crippen LogP contribution in [0.4, 0.5) is 4.39 Å². The summed E-state index contributed by atoms with van der Waals surface area (Å²) in [5.41, 5.74) is 2.66. The highest BCUT2D eigenvalue weighted by Crippen LogP contribution is 2.35. The van der Waals surface area contributed by atoms with E-state index in [0.717, 1.165) is 18.9 Å². The smallest absolute Gasteiger partial charge is 0.256 e. The summed E-state index contributed by atoms with van der Waals surface area (Å²) in [6.45, 7) is 1.78. The Balaban J connectivity index is 1.34. The fraction of sp³-hybridized carbons (Fsp3) is 0.364. The first-order chi connectivity index (χ1) is 13.5. The Kier molecular flexibility index (Phi) is 5.36. The van der Waals surface area contributed by atoms with Crippen LogP contribution in [0.3, 0.4) is 0 Å². The van der Waals surface area contributed by atoms with Gasteiger partial charge in [0.05, 0.1) is 5.56 Å². The molecule has 0 spiro atoms. The first-order valence-electron chi connectivity index (χ1n) is 9.63. The maximum absolute atomic E-state index is 14.0. The van der Waals surface area contributed by atoms with Gasteiger partial charge in [-0.15, -0.1) is 0 Å². The number of amides is 2. The summed E-state index contributed by atoms with van der Waals surface area (Å²) in [6, 6.07) is 12.4. The van der Waals surface area contributed by atoms with Gasteiger partial charge in [0.2, 0.25) is 5.91 Å². The second kappa shape index (κ2) is 7.92. The van der Waals surface area contributed by atoms with E-state index in [0.29, 0.717) is 32.6 Å². The van der Waals surface area contributed by atoms with Gasteiger partial charge in [-0.25, -0.2) is 4.39 Å². The van der Waals surface area contributed by atoms with Gasteiger partial charge in [-0.05, 0) is 48.1 Å². The summed E-state index contributed by atoms with van der Waals surface area (Å²) < 4.78 is 14.0. The highest BCUT2D eigenvalue weighted by Gasteiger charge is 2.29. The molecule has 1 saturated heterocycles. The van der Waals surface area contributed by atoms with Gasteiger partial charge < -0.3 is 9.80 Å². The molecule has 0 radical (unpaired) electrons. The number of hydrogen-bond donors (Lipinski definition) is 0. The molecule has 1 unspecified atom stereocenters. The van der Waals surface area contributed by atoms with Crippen molar-refractivity contribution < 1.29 is 14.0 Å². The molecule has 4 rings (SSSR count). The van der Waals surface area contributed by atoms with Gasteiger partial charge in [0, 0.05) is 37.6 Å². The zero-order valence-electron chi connectivity index (χ0n) is 15.5. The maximum Gasteiger partial charge on any atom is 0.256 e. The molecule has 4 nitrogen and oxygen atoms in total. The number of piperazine rings is 1. The van der Waals surface area contributed by atoms with E-state index in [1.807, 2.05) is 17.0 Å². The van der Waals surface area contributed by atoms with E-state index in [4.69, 9.17) is 11.6 Å². The standard InChI is InChI=1S/C22H22ClFN2O2/c23-17-7-8-19(20(24)14-17)22(28)26-11-9-25(10-12-26)21(27)13-16-6-5-15-3-1-2-4-18(15)16/h1-4,7-8,14,16H,5-6,9-13H2. The number of carbonyl (C=O) groups excluding carboxylic acids is 2.